The van der Waals surface area contributed by atoms with Crippen molar-refractivity contribution in [2.24, 2.45) is 17.6 Å². The molecule has 0 spiro atoms. The number of hydrogen-bond donors (Lipinski definition) is 1. The number of benzene rings is 1. The maximum absolute atomic E-state index is 12.7. The van der Waals surface area contributed by atoms with Gasteiger partial charge in [-0.2, -0.15) is 4.31 Å². The highest BCUT2D eigenvalue weighted by molar-refractivity contribution is 7.89. The molecule has 4 nitrogen and oxygen atoms in total. The summed E-state index contributed by atoms with van der Waals surface area (Å²) in [6.45, 7) is 1.01. The Balaban J connectivity index is 1.92. The summed E-state index contributed by atoms with van der Waals surface area (Å²) in [5.41, 5.74) is 6.05. The zero-order valence-corrected chi connectivity index (χ0v) is 13.1. The lowest BCUT2D eigenvalue weighted by molar-refractivity contribution is 0.427. The zero-order chi connectivity index (χ0) is 14.5. The molecule has 110 valence electrons. The number of halogens is 2. The molecule has 2 aliphatic rings. The molecule has 0 amide bonds. The molecule has 1 aromatic carbocycles. The highest BCUT2D eigenvalue weighted by atomic mass is 35.5. The Kier molecular flexibility index (Phi) is 3.75. The van der Waals surface area contributed by atoms with Crippen molar-refractivity contribution >= 4 is 33.2 Å². The van der Waals surface area contributed by atoms with E-state index in [1.165, 1.54) is 10.4 Å². The third kappa shape index (κ3) is 2.25. The van der Waals surface area contributed by atoms with Crippen LogP contribution in [-0.4, -0.2) is 31.9 Å². The quantitative estimate of drug-likeness (QED) is 0.902. The SMILES string of the molecule is NC1CCC2CN(S(=O)(=O)c3cccc(Cl)c3Cl)CC12. The van der Waals surface area contributed by atoms with Gasteiger partial charge in [0.1, 0.15) is 4.90 Å². The van der Waals surface area contributed by atoms with E-state index < -0.39 is 10.0 Å². The van der Waals surface area contributed by atoms with Crippen molar-refractivity contribution in [2.45, 2.75) is 23.8 Å². The van der Waals surface area contributed by atoms with Crippen molar-refractivity contribution in [1.82, 2.24) is 4.31 Å². The molecule has 0 aromatic heterocycles. The van der Waals surface area contributed by atoms with Crippen molar-refractivity contribution in [1.29, 1.82) is 0 Å². The number of nitrogens with two attached hydrogens (primary N) is 1. The maximum Gasteiger partial charge on any atom is 0.244 e. The van der Waals surface area contributed by atoms with Gasteiger partial charge in [0.2, 0.25) is 10.0 Å². The zero-order valence-electron chi connectivity index (χ0n) is 10.8. The fourth-order valence-electron chi connectivity index (χ4n) is 3.29. The summed E-state index contributed by atoms with van der Waals surface area (Å²) in [5, 5.41) is 0.347. The average Bonchev–Trinajstić information content (AvgIpc) is 2.96. The van der Waals surface area contributed by atoms with E-state index in [0.717, 1.165) is 12.8 Å². The van der Waals surface area contributed by atoms with E-state index in [0.29, 0.717) is 19.0 Å². The summed E-state index contributed by atoms with van der Waals surface area (Å²) in [5.74, 6) is 0.639. The van der Waals surface area contributed by atoms with Crippen LogP contribution in [-0.2, 0) is 10.0 Å². The minimum absolute atomic E-state index is 0.0835. The lowest BCUT2D eigenvalue weighted by atomic mass is 9.98. The first-order chi connectivity index (χ1) is 9.41. The van der Waals surface area contributed by atoms with Gasteiger partial charge in [0.15, 0.2) is 0 Å². The number of sulfonamides is 1. The Morgan fingerprint density at radius 3 is 2.65 bits per heavy atom. The molecule has 0 bridgehead atoms. The van der Waals surface area contributed by atoms with Gasteiger partial charge in [-0.05, 0) is 36.8 Å². The average molecular weight is 335 g/mol. The second-order valence-corrected chi connectivity index (χ2v) is 8.23. The molecule has 2 N–H and O–H groups in total. The molecule has 3 atom stereocenters. The van der Waals surface area contributed by atoms with Crippen LogP contribution >= 0.6 is 23.2 Å². The molecule has 1 saturated heterocycles. The van der Waals surface area contributed by atoms with Crippen molar-refractivity contribution in [3.8, 4) is 0 Å². The summed E-state index contributed by atoms with van der Waals surface area (Å²) in [7, 11) is -3.60. The Morgan fingerprint density at radius 2 is 1.95 bits per heavy atom. The molecule has 3 rings (SSSR count). The highest BCUT2D eigenvalue weighted by Gasteiger charge is 2.45. The minimum atomic E-state index is -3.60. The number of rotatable bonds is 2. The summed E-state index contributed by atoms with van der Waals surface area (Å²) in [6.07, 6.45) is 1.99. The van der Waals surface area contributed by atoms with Gasteiger partial charge in [-0.1, -0.05) is 29.3 Å². The summed E-state index contributed by atoms with van der Waals surface area (Å²) in [6, 6.07) is 4.79. The Bertz CT molecular complexity index is 635. The van der Waals surface area contributed by atoms with Crippen LogP contribution in [0, 0.1) is 11.8 Å². The van der Waals surface area contributed by atoms with Crippen molar-refractivity contribution in [3.05, 3.63) is 28.2 Å². The van der Waals surface area contributed by atoms with Crippen LogP contribution < -0.4 is 5.73 Å². The largest absolute Gasteiger partial charge is 0.327 e. The van der Waals surface area contributed by atoms with Gasteiger partial charge < -0.3 is 5.73 Å². The Hall–Kier alpha value is -0.330. The Morgan fingerprint density at radius 1 is 1.20 bits per heavy atom. The first-order valence-electron chi connectivity index (χ1n) is 6.61. The second-order valence-electron chi connectivity index (χ2n) is 5.54. The fourth-order valence-corrected chi connectivity index (χ4v) is 5.56. The highest BCUT2D eigenvalue weighted by Crippen LogP contribution is 2.40. The number of nitrogens with zero attached hydrogens (tertiary/aromatic N) is 1. The lowest BCUT2D eigenvalue weighted by Gasteiger charge is -2.19. The van der Waals surface area contributed by atoms with Crippen LogP contribution in [0.4, 0.5) is 0 Å². The van der Waals surface area contributed by atoms with Gasteiger partial charge in [0.25, 0.3) is 0 Å². The van der Waals surface area contributed by atoms with Crippen molar-refractivity contribution in [3.63, 3.8) is 0 Å². The van der Waals surface area contributed by atoms with Crippen LogP contribution in [0.3, 0.4) is 0 Å². The molecule has 7 heteroatoms. The van der Waals surface area contributed by atoms with Crippen LogP contribution in [0.5, 0.6) is 0 Å². The molecule has 1 aromatic rings. The molecule has 20 heavy (non-hydrogen) atoms. The first kappa shape index (κ1) is 14.6. The molecule has 1 aliphatic heterocycles. The van der Waals surface area contributed by atoms with Crippen LogP contribution in [0.2, 0.25) is 10.0 Å². The summed E-state index contributed by atoms with van der Waals surface area (Å²) in [4.78, 5) is 0.0835. The molecule has 1 aliphatic carbocycles. The van der Waals surface area contributed by atoms with Crippen molar-refractivity contribution in [2.75, 3.05) is 13.1 Å². The van der Waals surface area contributed by atoms with Gasteiger partial charge in [-0.15, -0.1) is 0 Å². The predicted octanol–water partition coefficient (Wildman–Crippen LogP) is 2.35. The Labute approximate surface area is 128 Å². The molecule has 2 fully saturated rings. The van der Waals surface area contributed by atoms with Gasteiger partial charge in [-0.3, -0.25) is 0 Å². The van der Waals surface area contributed by atoms with E-state index in [2.05, 4.69) is 0 Å². The summed E-state index contributed by atoms with van der Waals surface area (Å²) >= 11 is 12.0. The topological polar surface area (TPSA) is 63.4 Å². The third-order valence-corrected chi connectivity index (χ3v) is 7.22. The van der Waals surface area contributed by atoms with Gasteiger partial charge >= 0.3 is 0 Å². The first-order valence-corrected chi connectivity index (χ1v) is 8.80. The fraction of sp³-hybridized carbons (Fsp3) is 0.538. The molecule has 0 radical (unpaired) electrons. The number of hydrogen-bond acceptors (Lipinski definition) is 3. The lowest BCUT2D eigenvalue weighted by Crippen LogP contribution is -2.33. The normalized spacial score (nSPS) is 30.6. The molecule has 1 heterocycles. The molecule has 1 saturated carbocycles. The van der Waals surface area contributed by atoms with E-state index in [4.69, 9.17) is 28.9 Å². The maximum atomic E-state index is 12.7. The van der Waals surface area contributed by atoms with Gasteiger partial charge in [0, 0.05) is 19.1 Å². The third-order valence-electron chi connectivity index (χ3n) is 4.41. The van der Waals surface area contributed by atoms with Gasteiger partial charge in [0.05, 0.1) is 10.0 Å². The van der Waals surface area contributed by atoms with E-state index in [9.17, 15) is 8.42 Å². The molecular weight excluding hydrogens is 319 g/mol. The second kappa shape index (κ2) is 5.14. The monoisotopic (exact) mass is 334 g/mol. The van der Waals surface area contributed by atoms with Gasteiger partial charge in [-0.25, -0.2) is 8.42 Å². The van der Waals surface area contributed by atoms with Crippen LogP contribution in [0.1, 0.15) is 12.8 Å². The predicted molar refractivity (Wildman–Crippen MR) is 79.4 cm³/mol. The molecule has 3 unspecified atom stereocenters. The van der Waals surface area contributed by atoms with E-state index in [1.54, 1.807) is 12.1 Å². The van der Waals surface area contributed by atoms with E-state index in [1.807, 2.05) is 0 Å². The minimum Gasteiger partial charge on any atom is -0.327 e. The standard InChI is InChI=1S/C13H16Cl2N2O2S/c14-10-2-1-3-12(13(10)15)20(18,19)17-6-8-4-5-11(16)9(8)7-17/h1-3,8-9,11H,4-7,16H2. The smallest absolute Gasteiger partial charge is 0.244 e. The number of fused-ring (bicyclic) bond motifs is 1. The van der Waals surface area contributed by atoms with Crippen LogP contribution in [0.15, 0.2) is 23.1 Å². The van der Waals surface area contributed by atoms with Crippen molar-refractivity contribution < 1.29 is 8.42 Å². The van der Waals surface area contributed by atoms with E-state index in [-0.39, 0.29) is 26.9 Å². The van der Waals surface area contributed by atoms with E-state index >= 15 is 0 Å². The van der Waals surface area contributed by atoms with Crippen LogP contribution in [0.25, 0.3) is 0 Å². The molecular formula is C13H16Cl2N2O2S. The summed E-state index contributed by atoms with van der Waals surface area (Å²) < 4.78 is 26.9.